The molecular weight excluding hydrogens is 236 g/mol. The number of aromatic carboxylic acids is 1. The van der Waals surface area contributed by atoms with Gasteiger partial charge in [0.1, 0.15) is 5.69 Å². The number of hydrogen-bond donors (Lipinski definition) is 2. The summed E-state index contributed by atoms with van der Waals surface area (Å²) in [6.07, 6.45) is 5.52. The maximum absolute atomic E-state index is 11.9. The van der Waals surface area contributed by atoms with Gasteiger partial charge in [0.15, 0.2) is 0 Å². The van der Waals surface area contributed by atoms with E-state index in [2.05, 4.69) is 15.3 Å². The van der Waals surface area contributed by atoms with Gasteiger partial charge >= 0.3 is 5.97 Å². The van der Waals surface area contributed by atoms with Crippen LogP contribution in [0, 0.1) is 0 Å². The van der Waals surface area contributed by atoms with Crippen LogP contribution in [0.2, 0.25) is 0 Å². The third-order valence-corrected chi connectivity index (χ3v) is 2.35. The Bertz CT molecular complexity index is 606. The molecule has 0 bridgehead atoms. The largest absolute Gasteiger partial charge is 0.478 e. The molecule has 2 rings (SSSR count). The first kappa shape index (κ1) is 11.8. The maximum atomic E-state index is 11.9. The number of pyridine rings is 1. The zero-order chi connectivity index (χ0) is 13.1. The summed E-state index contributed by atoms with van der Waals surface area (Å²) in [4.78, 5) is 30.4. The summed E-state index contributed by atoms with van der Waals surface area (Å²) in [6, 6.07) is 1.32. The van der Waals surface area contributed by atoms with E-state index >= 15 is 0 Å². The van der Waals surface area contributed by atoms with Crippen LogP contribution in [0.1, 0.15) is 20.8 Å². The zero-order valence-corrected chi connectivity index (χ0v) is 9.49. The number of aryl methyl sites for hydroxylation is 1. The van der Waals surface area contributed by atoms with E-state index in [1.54, 1.807) is 7.05 Å². The van der Waals surface area contributed by atoms with E-state index in [4.69, 9.17) is 5.11 Å². The van der Waals surface area contributed by atoms with Gasteiger partial charge in [-0.25, -0.2) is 9.78 Å². The van der Waals surface area contributed by atoms with Gasteiger partial charge in [0.25, 0.3) is 5.91 Å². The van der Waals surface area contributed by atoms with Gasteiger partial charge in [0, 0.05) is 13.2 Å². The molecule has 0 aliphatic heterocycles. The third kappa shape index (κ3) is 2.19. The Labute approximate surface area is 102 Å². The molecule has 0 aromatic carbocycles. The van der Waals surface area contributed by atoms with Crippen LogP contribution >= 0.6 is 0 Å². The molecule has 1 amide bonds. The molecule has 92 valence electrons. The van der Waals surface area contributed by atoms with Gasteiger partial charge in [-0.3, -0.25) is 9.78 Å². The number of carboxylic acids is 1. The van der Waals surface area contributed by atoms with Crippen molar-refractivity contribution in [1.29, 1.82) is 0 Å². The normalized spacial score (nSPS) is 10.1. The van der Waals surface area contributed by atoms with Crippen molar-refractivity contribution in [3.8, 4) is 0 Å². The van der Waals surface area contributed by atoms with Crippen LogP contribution in [0.4, 0.5) is 5.69 Å². The number of amides is 1. The van der Waals surface area contributed by atoms with Crippen LogP contribution in [-0.2, 0) is 7.05 Å². The number of anilines is 1. The van der Waals surface area contributed by atoms with Crippen LogP contribution in [0.5, 0.6) is 0 Å². The van der Waals surface area contributed by atoms with Gasteiger partial charge in [-0.15, -0.1) is 0 Å². The lowest BCUT2D eigenvalue weighted by Gasteiger charge is -2.07. The summed E-state index contributed by atoms with van der Waals surface area (Å²) < 4.78 is 1.53. The molecule has 0 fully saturated rings. The predicted molar refractivity (Wildman–Crippen MR) is 62.4 cm³/mol. The van der Waals surface area contributed by atoms with Crippen molar-refractivity contribution in [2.75, 3.05) is 5.32 Å². The van der Waals surface area contributed by atoms with Gasteiger partial charge in [-0.2, -0.15) is 0 Å². The Morgan fingerprint density at radius 2 is 2.11 bits per heavy atom. The van der Waals surface area contributed by atoms with Crippen LogP contribution < -0.4 is 5.32 Å². The Hall–Kier alpha value is -2.70. The number of hydrogen-bond acceptors (Lipinski definition) is 4. The third-order valence-electron chi connectivity index (χ3n) is 2.35. The summed E-state index contributed by atoms with van der Waals surface area (Å²) in [5.41, 5.74) is 0.465. The number of imidazole rings is 1. The van der Waals surface area contributed by atoms with Crippen molar-refractivity contribution in [2.24, 2.45) is 7.05 Å². The molecule has 0 radical (unpaired) electrons. The molecule has 0 saturated carbocycles. The monoisotopic (exact) mass is 246 g/mol. The molecule has 2 N–H and O–H groups in total. The molecule has 0 aliphatic carbocycles. The number of carbonyl (C=O) groups excluding carboxylic acids is 1. The van der Waals surface area contributed by atoms with Crippen LogP contribution in [0.25, 0.3) is 0 Å². The summed E-state index contributed by atoms with van der Waals surface area (Å²) in [6.45, 7) is 0. The Balaban J connectivity index is 2.28. The molecular formula is C11H10N4O3. The van der Waals surface area contributed by atoms with Gasteiger partial charge in [0.2, 0.25) is 0 Å². The number of nitrogens with one attached hydrogen (secondary N) is 1. The van der Waals surface area contributed by atoms with Crippen molar-refractivity contribution in [2.45, 2.75) is 0 Å². The summed E-state index contributed by atoms with van der Waals surface area (Å²) in [5.74, 6) is -1.57. The highest BCUT2D eigenvalue weighted by atomic mass is 16.4. The Morgan fingerprint density at radius 1 is 1.33 bits per heavy atom. The molecule has 0 aliphatic rings. The first-order valence-corrected chi connectivity index (χ1v) is 5.04. The molecule has 2 aromatic rings. The van der Waals surface area contributed by atoms with Gasteiger partial charge in [-0.1, -0.05) is 0 Å². The number of nitrogens with zero attached hydrogens (tertiary/aromatic N) is 3. The van der Waals surface area contributed by atoms with E-state index in [-0.39, 0.29) is 11.3 Å². The molecule has 0 saturated heterocycles. The van der Waals surface area contributed by atoms with E-state index < -0.39 is 11.9 Å². The Morgan fingerprint density at radius 3 is 2.72 bits per heavy atom. The zero-order valence-electron chi connectivity index (χ0n) is 9.49. The minimum Gasteiger partial charge on any atom is -0.478 e. The quantitative estimate of drug-likeness (QED) is 0.833. The first-order chi connectivity index (χ1) is 8.59. The topological polar surface area (TPSA) is 97.1 Å². The Kier molecular flexibility index (Phi) is 3.05. The lowest BCUT2D eigenvalue weighted by atomic mass is 10.2. The highest BCUT2D eigenvalue weighted by Gasteiger charge is 2.15. The fourth-order valence-electron chi connectivity index (χ4n) is 1.44. The van der Waals surface area contributed by atoms with Crippen molar-refractivity contribution in [3.05, 3.63) is 42.2 Å². The average Bonchev–Trinajstić information content (AvgIpc) is 2.76. The molecule has 7 nitrogen and oxygen atoms in total. The fourth-order valence-corrected chi connectivity index (χ4v) is 1.44. The number of carboxylic acid groups (broad SMARTS) is 1. The molecule has 2 heterocycles. The number of aromatic nitrogens is 3. The van der Waals surface area contributed by atoms with Gasteiger partial charge < -0.3 is 15.0 Å². The number of carbonyl (C=O) groups is 2. The van der Waals surface area contributed by atoms with E-state index in [1.807, 2.05) is 0 Å². The smallest absolute Gasteiger partial charge is 0.337 e. The van der Waals surface area contributed by atoms with Crippen molar-refractivity contribution < 1.29 is 14.7 Å². The average molecular weight is 246 g/mol. The van der Waals surface area contributed by atoms with Crippen LogP contribution in [-0.4, -0.2) is 31.5 Å². The summed E-state index contributed by atoms with van der Waals surface area (Å²) >= 11 is 0. The van der Waals surface area contributed by atoms with E-state index in [0.29, 0.717) is 5.69 Å². The highest BCUT2D eigenvalue weighted by Crippen LogP contribution is 2.14. The molecule has 0 spiro atoms. The SMILES string of the molecule is Cn1cncc1C(=O)Nc1cnccc1C(=O)O. The predicted octanol–water partition coefficient (Wildman–Crippen LogP) is 0.766. The van der Waals surface area contributed by atoms with Crippen LogP contribution in [0.3, 0.4) is 0 Å². The number of rotatable bonds is 3. The minimum atomic E-state index is -1.13. The molecule has 7 heteroatoms. The highest BCUT2D eigenvalue weighted by molar-refractivity contribution is 6.06. The molecule has 0 unspecified atom stereocenters. The lowest BCUT2D eigenvalue weighted by molar-refractivity contribution is 0.0698. The lowest BCUT2D eigenvalue weighted by Crippen LogP contribution is -2.17. The maximum Gasteiger partial charge on any atom is 0.337 e. The molecule has 18 heavy (non-hydrogen) atoms. The second-order valence-corrected chi connectivity index (χ2v) is 3.57. The summed E-state index contributed by atoms with van der Waals surface area (Å²) in [5, 5.41) is 11.5. The van der Waals surface area contributed by atoms with Crippen molar-refractivity contribution in [3.63, 3.8) is 0 Å². The standard InChI is InChI=1S/C11H10N4O3/c1-15-6-13-5-9(15)10(16)14-8-4-12-3-2-7(8)11(17)18/h2-6H,1H3,(H,14,16)(H,17,18). The second-order valence-electron chi connectivity index (χ2n) is 3.57. The van der Waals surface area contributed by atoms with Gasteiger partial charge in [-0.05, 0) is 6.07 Å². The fraction of sp³-hybridized carbons (Fsp3) is 0.0909. The molecule has 2 aromatic heterocycles. The minimum absolute atomic E-state index is 0.0134. The molecule has 0 atom stereocenters. The van der Waals surface area contributed by atoms with E-state index in [0.717, 1.165) is 0 Å². The van der Waals surface area contributed by atoms with Crippen molar-refractivity contribution >= 4 is 17.6 Å². The van der Waals surface area contributed by atoms with Crippen LogP contribution in [0.15, 0.2) is 31.0 Å². The summed E-state index contributed by atoms with van der Waals surface area (Å²) in [7, 11) is 1.67. The van der Waals surface area contributed by atoms with E-state index in [1.165, 1.54) is 35.6 Å². The van der Waals surface area contributed by atoms with Crippen molar-refractivity contribution in [1.82, 2.24) is 14.5 Å². The second kappa shape index (κ2) is 4.66. The van der Waals surface area contributed by atoms with Gasteiger partial charge in [0.05, 0.1) is 30.0 Å². The van der Waals surface area contributed by atoms with E-state index in [9.17, 15) is 9.59 Å². The first-order valence-electron chi connectivity index (χ1n) is 5.04.